The molecule has 0 saturated carbocycles. The Morgan fingerprint density at radius 3 is 2.41 bits per heavy atom. The van der Waals surface area contributed by atoms with Crippen molar-refractivity contribution in [3.63, 3.8) is 0 Å². The molecule has 0 fully saturated rings. The summed E-state index contributed by atoms with van der Waals surface area (Å²) in [6.07, 6.45) is 0. The van der Waals surface area contributed by atoms with Gasteiger partial charge in [0.2, 0.25) is 0 Å². The summed E-state index contributed by atoms with van der Waals surface area (Å²) >= 11 is 0. The van der Waals surface area contributed by atoms with E-state index in [4.69, 9.17) is 5.11 Å². The zero-order valence-electron chi connectivity index (χ0n) is 11.0. The predicted octanol–water partition coefficient (Wildman–Crippen LogP) is 2.93. The molecule has 1 aromatic heterocycles. The van der Waals surface area contributed by atoms with Crippen LogP contribution in [0.3, 0.4) is 0 Å². The quantitative estimate of drug-likeness (QED) is 0.847. The van der Waals surface area contributed by atoms with Gasteiger partial charge in [0.1, 0.15) is 5.82 Å². The van der Waals surface area contributed by atoms with E-state index >= 15 is 0 Å². The van der Waals surface area contributed by atoms with Crippen molar-refractivity contribution in [1.82, 2.24) is 4.98 Å². The number of nitrogens with zero attached hydrogens (tertiary/aromatic N) is 1. The maximum Gasteiger partial charge on any atom is 0.337 e. The van der Waals surface area contributed by atoms with Crippen LogP contribution in [0.1, 0.15) is 43.7 Å². The predicted molar refractivity (Wildman–Crippen MR) is 68.5 cm³/mol. The van der Waals surface area contributed by atoms with Crippen LogP contribution in [0, 0.1) is 12.3 Å². The Bertz CT molecular complexity index is 422. The van der Waals surface area contributed by atoms with Crippen molar-refractivity contribution in [2.75, 3.05) is 5.32 Å². The van der Waals surface area contributed by atoms with E-state index in [1.165, 1.54) is 0 Å². The summed E-state index contributed by atoms with van der Waals surface area (Å²) < 4.78 is 0. The molecular formula is C13H20N2O2. The highest BCUT2D eigenvalue weighted by Crippen LogP contribution is 2.22. The number of carboxylic acid groups (broad SMARTS) is 1. The van der Waals surface area contributed by atoms with Crippen LogP contribution in [0.5, 0.6) is 0 Å². The van der Waals surface area contributed by atoms with E-state index < -0.39 is 5.97 Å². The van der Waals surface area contributed by atoms with Crippen LogP contribution in [0.15, 0.2) is 12.1 Å². The summed E-state index contributed by atoms with van der Waals surface area (Å²) in [6.45, 7) is 10.2. The number of hydrogen-bond acceptors (Lipinski definition) is 3. The minimum atomic E-state index is -0.939. The third-order valence-corrected chi connectivity index (χ3v) is 2.98. The SMILES string of the molecule is Cc1nc(NC(C)C(C)(C)C)ccc1C(=O)O. The zero-order valence-corrected chi connectivity index (χ0v) is 11.0. The van der Waals surface area contributed by atoms with Crippen LogP contribution in [0.2, 0.25) is 0 Å². The Hall–Kier alpha value is -1.58. The van der Waals surface area contributed by atoms with Gasteiger partial charge in [0.15, 0.2) is 0 Å². The fourth-order valence-electron chi connectivity index (χ4n) is 1.31. The van der Waals surface area contributed by atoms with Crippen molar-refractivity contribution in [2.45, 2.75) is 40.7 Å². The monoisotopic (exact) mass is 236 g/mol. The van der Waals surface area contributed by atoms with E-state index in [0.29, 0.717) is 5.69 Å². The Labute approximate surface area is 102 Å². The maximum atomic E-state index is 10.9. The fraction of sp³-hybridized carbons (Fsp3) is 0.538. The number of nitrogens with one attached hydrogen (secondary N) is 1. The van der Waals surface area contributed by atoms with E-state index in [-0.39, 0.29) is 17.0 Å². The van der Waals surface area contributed by atoms with Gasteiger partial charge in [-0.05, 0) is 31.4 Å². The standard InChI is InChI=1S/C13H20N2O2/c1-8-10(12(16)17)6-7-11(14-8)15-9(2)13(3,4)5/h6-7,9H,1-5H3,(H,14,15)(H,16,17). The molecule has 0 amide bonds. The highest BCUT2D eigenvalue weighted by Gasteiger charge is 2.20. The molecule has 0 aliphatic rings. The van der Waals surface area contributed by atoms with Crippen molar-refractivity contribution in [2.24, 2.45) is 5.41 Å². The number of rotatable bonds is 3. The fourth-order valence-corrected chi connectivity index (χ4v) is 1.31. The van der Waals surface area contributed by atoms with Crippen LogP contribution in [0.4, 0.5) is 5.82 Å². The van der Waals surface area contributed by atoms with Gasteiger partial charge < -0.3 is 10.4 Å². The molecule has 4 heteroatoms. The minimum absolute atomic E-state index is 0.126. The molecule has 0 saturated heterocycles. The Balaban J connectivity index is 2.88. The van der Waals surface area contributed by atoms with Gasteiger partial charge in [-0.2, -0.15) is 0 Å². The zero-order chi connectivity index (χ0) is 13.2. The van der Waals surface area contributed by atoms with Gasteiger partial charge in [0, 0.05) is 6.04 Å². The second kappa shape index (κ2) is 4.73. The van der Waals surface area contributed by atoms with Gasteiger partial charge in [-0.15, -0.1) is 0 Å². The summed E-state index contributed by atoms with van der Waals surface area (Å²) in [5, 5.41) is 12.2. The molecule has 1 heterocycles. The molecule has 0 aliphatic carbocycles. The number of hydrogen-bond donors (Lipinski definition) is 2. The van der Waals surface area contributed by atoms with Crippen molar-refractivity contribution >= 4 is 11.8 Å². The Morgan fingerprint density at radius 2 is 2.00 bits per heavy atom. The number of carboxylic acids is 1. The van der Waals surface area contributed by atoms with Crippen molar-refractivity contribution in [3.8, 4) is 0 Å². The first-order valence-corrected chi connectivity index (χ1v) is 5.69. The number of aromatic nitrogens is 1. The average Bonchev–Trinajstić information content (AvgIpc) is 2.15. The summed E-state index contributed by atoms with van der Waals surface area (Å²) in [4.78, 5) is 15.1. The van der Waals surface area contributed by atoms with Crippen molar-refractivity contribution in [1.29, 1.82) is 0 Å². The number of aromatic carboxylic acids is 1. The second-order valence-corrected chi connectivity index (χ2v) is 5.37. The third kappa shape index (κ3) is 3.44. The first kappa shape index (κ1) is 13.5. The Kier molecular flexibility index (Phi) is 3.76. The molecule has 0 bridgehead atoms. The highest BCUT2D eigenvalue weighted by atomic mass is 16.4. The van der Waals surface area contributed by atoms with Crippen LogP contribution < -0.4 is 5.32 Å². The van der Waals surface area contributed by atoms with E-state index in [1.54, 1.807) is 19.1 Å². The molecule has 1 rings (SSSR count). The van der Waals surface area contributed by atoms with E-state index in [9.17, 15) is 4.79 Å². The Morgan fingerprint density at radius 1 is 1.41 bits per heavy atom. The van der Waals surface area contributed by atoms with Crippen molar-refractivity contribution in [3.05, 3.63) is 23.4 Å². The van der Waals surface area contributed by atoms with E-state index in [0.717, 1.165) is 5.82 Å². The van der Waals surface area contributed by atoms with Crippen LogP contribution >= 0.6 is 0 Å². The molecule has 0 radical (unpaired) electrons. The summed E-state index contributed by atoms with van der Waals surface area (Å²) in [5.74, 6) is -0.222. The van der Waals surface area contributed by atoms with Gasteiger partial charge in [-0.3, -0.25) is 0 Å². The van der Waals surface area contributed by atoms with Crippen LogP contribution in [-0.4, -0.2) is 22.1 Å². The van der Waals surface area contributed by atoms with Gasteiger partial charge in [0.05, 0.1) is 11.3 Å². The van der Waals surface area contributed by atoms with Gasteiger partial charge >= 0.3 is 5.97 Å². The molecule has 2 N–H and O–H groups in total. The molecule has 1 unspecified atom stereocenters. The first-order chi connectivity index (χ1) is 7.71. The number of anilines is 1. The van der Waals surface area contributed by atoms with E-state index in [2.05, 4.69) is 38.0 Å². The van der Waals surface area contributed by atoms with Gasteiger partial charge in [0.25, 0.3) is 0 Å². The lowest BCUT2D eigenvalue weighted by Gasteiger charge is -2.28. The molecule has 1 atom stereocenters. The lowest BCUT2D eigenvalue weighted by atomic mass is 9.88. The average molecular weight is 236 g/mol. The second-order valence-electron chi connectivity index (χ2n) is 5.37. The molecular weight excluding hydrogens is 216 g/mol. The summed E-state index contributed by atoms with van der Waals surface area (Å²) in [5.41, 5.74) is 0.906. The molecule has 1 aromatic rings. The van der Waals surface area contributed by atoms with Crippen LogP contribution in [0.25, 0.3) is 0 Å². The number of pyridine rings is 1. The molecule has 4 nitrogen and oxygen atoms in total. The third-order valence-electron chi connectivity index (χ3n) is 2.98. The lowest BCUT2D eigenvalue weighted by molar-refractivity contribution is 0.0695. The largest absolute Gasteiger partial charge is 0.478 e. The smallest absolute Gasteiger partial charge is 0.337 e. The molecule has 94 valence electrons. The van der Waals surface area contributed by atoms with Crippen molar-refractivity contribution < 1.29 is 9.90 Å². The molecule has 0 spiro atoms. The normalized spacial score (nSPS) is 13.2. The van der Waals surface area contributed by atoms with Gasteiger partial charge in [-0.1, -0.05) is 20.8 Å². The van der Waals surface area contributed by atoms with Gasteiger partial charge in [-0.25, -0.2) is 9.78 Å². The summed E-state index contributed by atoms with van der Waals surface area (Å²) in [6, 6.07) is 3.55. The maximum absolute atomic E-state index is 10.9. The molecule has 0 aromatic carbocycles. The minimum Gasteiger partial charge on any atom is -0.478 e. The lowest BCUT2D eigenvalue weighted by Crippen LogP contribution is -2.31. The van der Waals surface area contributed by atoms with Crippen LogP contribution in [-0.2, 0) is 0 Å². The summed E-state index contributed by atoms with van der Waals surface area (Å²) in [7, 11) is 0. The molecule has 17 heavy (non-hydrogen) atoms. The molecule has 0 aliphatic heterocycles. The number of carbonyl (C=O) groups is 1. The van der Waals surface area contributed by atoms with E-state index in [1.807, 2.05) is 0 Å². The number of aryl methyl sites for hydroxylation is 1. The topological polar surface area (TPSA) is 62.2 Å². The first-order valence-electron chi connectivity index (χ1n) is 5.69. The highest BCUT2D eigenvalue weighted by molar-refractivity contribution is 5.89.